The molecule has 0 bridgehead atoms. The molecule has 0 aliphatic heterocycles. The largest absolute Gasteiger partial charge is 0.451 e. The molecule has 7 heteroatoms. The maximum atomic E-state index is 12.5. The van der Waals surface area contributed by atoms with Crippen molar-refractivity contribution in [2.75, 3.05) is 5.32 Å². The summed E-state index contributed by atoms with van der Waals surface area (Å²) in [7, 11) is 0. The maximum Gasteiger partial charge on any atom is 0.291 e. The highest BCUT2D eigenvalue weighted by Gasteiger charge is 2.13. The number of carbonyl (C=O) groups excluding carboxylic acids is 1. The number of furan rings is 1. The van der Waals surface area contributed by atoms with Crippen LogP contribution in [0.5, 0.6) is 0 Å². The lowest BCUT2D eigenvalue weighted by Crippen LogP contribution is -2.10. The Labute approximate surface area is 176 Å². The zero-order chi connectivity index (χ0) is 20.5. The number of aromatic nitrogens is 2. The van der Waals surface area contributed by atoms with Gasteiger partial charge in [-0.15, -0.1) is 0 Å². The summed E-state index contributed by atoms with van der Waals surface area (Å²) in [5.74, 6) is 0.944. The number of halogens is 1. The molecule has 5 rings (SSSR count). The monoisotopic (exact) mass is 415 g/mol. The molecular formula is C23H14ClN3O3. The highest BCUT2D eigenvalue weighted by molar-refractivity contribution is 6.30. The molecular weight excluding hydrogens is 402 g/mol. The number of anilines is 1. The number of nitrogens with one attached hydrogen (secondary N) is 1. The van der Waals surface area contributed by atoms with Gasteiger partial charge in [0, 0.05) is 28.0 Å². The Morgan fingerprint density at radius 3 is 2.40 bits per heavy atom. The van der Waals surface area contributed by atoms with E-state index in [2.05, 4.69) is 15.3 Å². The van der Waals surface area contributed by atoms with E-state index in [-0.39, 0.29) is 11.7 Å². The van der Waals surface area contributed by atoms with Crippen molar-refractivity contribution in [3.63, 3.8) is 0 Å². The van der Waals surface area contributed by atoms with Crippen molar-refractivity contribution in [3.8, 4) is 22.8 Å². The van der Waals surface area contributed by atoms with E-state index < -0.39 is 0 Å². The third-order valence-corrected chi connectivity index (χ3v) is 4.77. The SMILES string of the molecule is O=C(Nc1ccc(-c2nc3ncccc3o2)cc1)c1ccc(-c2ccc(Cl)cc2)o1. The van der Waals surface area contributed by atoms with Crippen LogP contribution in [0.4, 0.5) is 5.69 Å². The summed E-state index contributed by atoms with van der Waals surface area (Å²) >= 11 is 5.91. The first-order valence-corrected chi connectivity index (χ1v) is 9.53. The lowest BCUT2D eigenvalue weighted by atomic mass is 10.2. The number of oxazole rings is 1. The number of amides is 1. The molecule has 0 aliphatic rings. The predicted octanol–water partition coefficient (Wildman–Crippen LogP) is 6.06. The molecule has 2 aromatic carbocycles. The van der Waals surface area contributed by atoms with Gasteiger partial charge in [0.25, 0.3) is 5.91 Å². The Morgan fingerprint density at radius 2 is 1.63 bits per heavy atom. The highest BCUT2D eigenvalue weighted by atomic mass is 35.5. The molecule has 6 nitrogen and oxygen atoms in total. The van der Waals surface area contributed by atoms with Crippen LogP contribution in [-0.2, 0) is 0 Å². The molecule has 0 unspecified atom stereocenters. The summed E-state index contributed by atoms with van der Waals surface area (Å²) < 4.78 is 11.4. The molecule has 0 atom stereocenters. The number of hydrogen-bond donors (Lipinski definition) is 1. The van der Waals surface area contributed by atoms with E-state index in [1.807, 2.05) is 30.3 Å². The van der Waals surface area contributed by atoms with Crippen molar-refractivity contribution in [1.29, 1.82) is 0 Å². The van der Waals surface area contributed by atoms with Crippen molar-refractivity contribution in [2.45, 2.75) is 0 Å². The predicted molar refractivity (Wildman–Crippen MR) is 114 cm³/mol. The van der Waals surface area contributed by atoms with Gasteiger partial charge in [0.15, 0.2) is 17.0 Å². The van der Waals surface area contributed by atoms with Crippen LogP contribution in [0, 0.1) is 0 Å². The van der Waals surface area contributed by atoms with Crippen LogP contribution in [-0.4, -0.2) is 15.9 Å². The van der Waals surface area contributed by atoms with Gasteiger partial charge in [-0.05, 0) is 72.8 Å². The molecule has 30 heavy (non-hydrogen) atoms. The van der Waals surface area contributed by atoms with Crippen LogP contribution < -0.4 is 5.32 Å². The third-order valence-electron chi connectivity index (χ3n) is 4.51. The van der Waals surface area contributed by atoms with Crippen LogP contribution >= 0.6 is 11.6 Å². The quantitative estimate of drug-likeness (QED) is 0.386. The van der Waals surface area contributed by atoms with Gasteiger partial charge in [0.2, 0.25) is 5.89 Å². The smallest absolute Gasteiger partial charge is 0.291 e. The lowest BCUT2D eigenvalue weighted by molar-refractivity contribution is 0.0997. The van der Waals surface area contributed by atoms with Crippen molar-refractivity contribution in [3.05, 3.63) is 89.8 Å². The van der Waals surface area contributed by atoms with Gasteiger partial charge in [0.1, 0.15) is 5.76 Å². The zero-order valence-corrected chi connectivity index (χ0v) is 16.3. The summed E-state index contributed by atoms with van der Waals surface area (Å²) in [4.78, 5) is 21.1. The summed E-state index contributed by atoms with van der Waals surface area (Å²) in [5, 5.41) is 3.46. The topological polar surface area (TPSA) is 81.2 Å². The second-order valence-corrected chi connectivity index (χ2v) is 6.98. The summed E-state index contributed by atoms with van der Waals surface area (Å²) in [6.07, 6.45) is 1.67. The lowest BCUT2D eigenvalue weighted by Gasteiger charge is -2.04. The number of pyridine rings is 1. The van der Waals surface area contributed by atoms with Crippen molar-refractivity contribution in [1.82, 2.24) is 9.97 Å². The second kappa shape index (κ2) is 7.50. The molecule has 0 saturated carbocycles. The van der Waals surface area contributed by atoms with Crippen LogP contribution in [0.25, 0.3) is 34.0 Å². The fourth-order valence-corrected chi connectivity index (χ4v) is 3.14. The molecule has 3 aromatic heterocycles. The van der Waals surface area contributed by atoms with E-state index in [1.54, 1.807) is 48.7 Å². The first kappa shape index (κ1) is 18.1. The van der Waals surface area contributed by atoms with Crippen LogP contribution in [0.1, 0.15) is 10.6 Å². The van der Waals surface area contributed by atoms with E-state index >= 15 is 0 Å². The van der Waals surface area contributed by atoms with E-state index in [9.17, 15) is 4.79 Å². The number of benzene rings is 2. The number of rotatable bonds is 4. The van der Waals surface area contributed by atoms with Crippen LogP contribution in [0.15, 0.2) is 87.8 Å². The first-order valence-electron chi connectivity index (χ1n) is 9.15. The minimum absolute atomic E-state index is 0.217. The van der Waals surface area contributed by atoms with Gasteiger partial charge in [0.05, 0.1) is 0 Å². The molecule has 0 spiro atoms. The highest BCUT2D eigenvalue weighted by Crippen LogP contribution is 2.26. The summed E-state index contributed by atoms with van der Waals surface area (Å²) in [5.41, 5.74) is 3.44. The fraction of sp³-hybridized carbons (Fsp3) is 0. The van der Waals surface area contributed by atoms with E-state index in [0.717, 1.165) is 11.1 Å². The minimum atomic E-state index is -0.339. The van der Waals surface area contributed by atoms with Crippen molar-refractivity contribution >= 4 is 34.4 Å². The molecule has 5 aromatic rings. The standard InChI is InChI=1S/C23H14ClN3O3/c24-16-7-3-14(4-8-16)18-11-12-20(29-18)22(28)26-17-9-5-15(6-10-17)23-27-21-19(30-23)2-1-13-25-21/h1-13H,(H,26,28). The van der Waals surface area contributed by atoms with E-state index in [1.165, 1.54) is 0 Å². The van der Waals surface area contributed by atoms with Crippen molar-refractivity contribution < 1.29 is 13.6 Å². The number of hydrogen-bond acceptors (Lipinski definition) is 5. The average molecular weight is 416 g/mol. The van der Waals surface area contributed by atoms with E-state index in [4.69, 9.17) is 20.4 Å². The maximum absolute atomic E-state index is 12.5. The molecule has 1 amide bonds. The number of fused-ring (bicyclic) bond motifs is 1. The fourth-order valence-electron chi connectivity index (χ4n) is 3.01. The van der Waals surface area contributed by atoms with Gasteiger partial charge in [-0.25, -0.2) is 4.98 Å². The second-order valence-electron chi connectivity index (χ2n) is 6.55. The summed E-state index contributed by atoms with van der Waals surface area (Å²) in [6.45, 7) is 0. The number of nitrogens with zero attached hydrogens (tertiary/aromatic N) is 2. The van der Waals surface area contributed by atoms with Gasteiger partial charge in [-0.2, -0.15) is 4.98 Å². The van der Waals surface area contributed by atoms with Gasteiger partial charge in [-0.3, -0.25) is 4.79 Å². The molecule has 0 saturated heterocycles. The summed E-state index contributed by atoms with van der Waals surface area (Å²) in [6, 6.07) is 21.4. The molecule has 146 valence electrons. The Balaban J connectivity index is 1.31. The molecule has 3 heterocycles. The van der Waals surface area contributed by atoms with Gasteiger partial charge < -0.3 is 14.2 Å². The molecule has 0 radical (unpaired) electrons. The normalized spacial score (nSPS) is 11.0. The Hall–Kier alpha value is -3.90. The third kappa shape index (κ3) is 3.56. The molecule has 1 N–H and O–H groups in total. The van der Waals surface area contributed by atoms with Gasteiger partial charge in [-0.1, -0.05) is 11.6 Å². The van der Waals surface area contributed by atoms with Crippen molar-refractivity contribution in [2.24, 2.45) is 0 Å². The zero-order valence-electron chi connectivity index (χ0n) is 15.5. The molecule has 0 aliphatic carbocycles. The van der Waals surface area contributed by atoms with Crippen LogP contribution in [0.3, 0.4) is 0 Å². The Morgan fingerprint density at radius 1 is 0.867 bits per heavy atom. The first-order chi connectivity index (χ1) is 14.7. The number of carbonyl (C=O) groups is 1. The average Bonchev–Trinajstić information content (AvgIpc) is 3.42. The Kier molecular flexibility index (Phi) is 4.53. The minimum Gasteiger partial charge on any atom is -0.451 e. The molecule has 0 fully saturated rings. The van der Waals surface area contributed by atoms with Gasteiger partial charge >= 0.3 is 0 Å². The Bertz CT molecular complexity index is 1310. The van der Waals surface area contributed by atoms with Crippen LogP contribution in [0.2, 0.25) is 5.02 Å². The van der Waals surface area contributed by atoms with E-state index in [0.29, 0.717) is 33.6 Å².